The third-order valence-corrected chi connectivity index (χ3v) is 2.12. The van der Waals surface area contributed by atoms with Crippen LogP contribution in [0.15, 0.2) is 24.5 Å². The Morgan fingerprint density at radius 1 is 1.15 bits per heavy atom. The molecule has 0 amide bonds. The van der Waals surface area contributed by atoms with Crippen LogP contribution in [0.1, 0.15) is 5.56 Å². The zero-order valence-electron chi connectivity index (χ0n) is 9.12. The molecule has 1 rings (SSSR count). The number of likely N-dealkylation sites (N-methyl/N-ethyl adjacent to an activating group) is 1. The first-order valence-electron chi connectivity index (χ1n) is 4.72. The number of nitrogens with zero attached hydrogens (tertiary/aromatic N) is 2. The van der Waals surface area contributed by atoms with Crippen molar-refractivity contribution in [3.8, 4) is 0 Å². The molecule has 2 nitrogen and oxygen atoms in total. The van der Waals surface area contributed by atoms with Gasteiger partial charge >= 0.3 is 0 Å². The molecule has 2 heteroatoms. The third-order valence-electron chi connectivity index (χ3n) is 2.12. The zero-order valence-corrected chi connectivity index (χ0v) is 9.12. The largest absolute Gasteiger partial charge is 0.331 e. The molecule has 0 N–H and O–H groups in total. The number of rotatable bonds is 3. The van der Waals surface area contributed by atoms with Gasteiger partial charge in [0, 0.05) is 18.6 Å². The summed E-state index contributed by atoms with van der Waals surface area (Å²) in [6.07, 6.45) is 5.36. The van der Waals surface area contributed by atoms with Crippen molar-refractivity contribution < 1.29 is 9.05 Å². The van der Waals surface area contributed by atoms with Crippen LogP contribution in [0, 0.1) is 0 Å². The number of aryl methyl sites for hydroxylation is 1. The molecule has 0 aliphatic rings. The lowest BCUT2D eigenvalue weighted by molar-refractivity contribution is -0.870. The van der Waals surface area contributed by atoms with Gasteiger partial charge in [-0.05, 0) is 5.56 Å². The topological polar surface area (TPSA) is 3.88 Å². The Labute approximate surface area is 81.0 Å². The molecule has 0 radical (unpaired) electrons. The predicted octanol–water partition coefficient (Wildman–Crippen LogP) is 0.760. The van der Waals surface area contributed by atoms with Crippen LogP contribution < -0.4 is 4.57 Å². The molecule has 0 aliphatic carbocycles. The average molecular weight is 180 g/mol. The van der Waals surface area contributed by atoms with E-state index in [1.54, 1.807) is 0 Å². The highest BCUT2D eigenvalue weighted by Crippen LogP contribution is 2.00. The van der Waals surface area contributed by atoms with E-state index in [0.717, 1.165) is 10.9 Å². The van der Waals surface area contributed by atoms with Gasteiger partial charge in [0.25, 0.3) is 0 Å². The summed E-state index contributed by atoms with van der Waals surface area (Å²) in [6.45, 7) is 1.19. The number of aromatic nitrogens is 1. The van der Waals surface area contributed by atoms with E-state index in [2.05, 4.69) is 50.2 Å². The van der Waals surface area contributed by atoms with Gasteiger partial charge < -0.3 is 4.48 Å². The zero-order chi connectivity index (χ0) is 9.90. The summed E-state index contributed by atoms with van der Waals surface area (Å²) >= 11 is 0. The van der Waals surface area contributed by atoms with Gasteiger partial charge in [0.05, 0.1) is 27.7 Å². The Bertz CT molecular complexity index is 256. The van der Waals surface area contributed by atoms with E-state index in [1.165, 1.54) is 12.1 Å². The van der Waals surface area contributed by atoms with Crippen molar-refractivity contribution in [3.63, 3.8) is 0 Å². The number of hydrogen-bond donors (Lipinski definition) is 0. The molecule has 72 valence electrons. The normalized spacial score (nSPS) is 11.7. The minimum Gasteiger partial charge on any atom is -0.331 e. The molecule has 0 unspecified atom stereocenters. The second kappa shape index (κ2) is 3.88. The summed E-state index contributed by atoms with van der Waals surface area (Å²) < 4.78 is 3.09. The summed E-state index contributed by atoms with van der Waals surface area (Å²) in [7, 11) is 8.72. The Morgan fingerprint density at radius 2 is 1.69 bits per heavy atom. The van der Waals surface area contributed by atoms with Gasteiger partial charge in [-0.1, -0.05) is 0 Å². The fraction of sp³-hybridized carbons (Fsp3) is 0.545. The predicted molar refractivity (Wildman–Crippen MR) is 54.2 cm³/mol. The molecule has 0 aromatic carbocycles. The van der Waals surface area contributed by atoms with Gasteiger partial charge in [-0.2, -0.15) is 0 Å². The molecule has 13 heavy (non-hydrogen) atoms. The van der Waals surface area contributed by atoms with Crippen molar-refractivity contribution in [2.45, 2.75) is 6.42 Å². The fourth-order valence-electron chi connectivity index (χ4n) is 1.16. The Kier molecular flexibility index (Phi) is 3.04. The van der Waals surface area contributed by atoms with Crippen LogP contribution in [0.5, 0.6) is 0 Å². The highest BCUT2D eigenvalue weighted by molar-refractivity contribution is 5.07. The monoisotopic (exact) mass is 180 g/mol. The van der Waals surface area contributed by atoms with E-state index in [0.29, 0.717) is 0 Å². The maximum atomic E-state index is 2.23. The summed E-state index contributed by atoms with van der Waals surface area (Å²) in [5.74, 6) is 0. The SMILES string of the molecule is C[n+]1ccc(CC[N+](C)(C)C)cc1. The van der Waals surface area contributed by atoms with Gasteiger partial charge in [-0.15, -0.1) is 0 Å². The van der Waals surface area contributed by atoms with Crippen molar-refractivity contribution in [1.82, 2.24) is 0 Å². The van der Waals surface area contributed by atoms with Gasteiger partial charge in [-0.3, -0.25) is 0 Å². The Morgan fingerprint density at radius 3 is 2.15 bits per heavy atom. The second-order valence-corrected chi connectivity index (χ2v) is 4.64. The number of pyridine rings is 1. The van der Waals surface area contributed by atoms with Gasteiger partial charge in [0.2, 0.25) is 0 Å². The molecule has 0 fully saturated rings. The standard InChI is InChI=1S/C11H20N2/c1-12-8-5-11(6-9-12)7-10-13(2,3)4/h5-6,8-9H,7,10H2,1-4H3/q+2. The van der Waals surface area contributed by atoms with Crippen LogP contribution in [-0.2, 0) is 13.5 Å². The van der Waals surface area contributed by atoms with Crippen LogP contribution in [-0.4, -0.2) is 32.2 Å². The molecule has 1 heterocycles. The van der Waals surface area contributed by atoms with E-state index in [4.69, 9.17) is 0 Å². The van der Waals surface area contributed by atoms with Crippen molar-refractivity contribution in [1.29, 1.82) is 0 Å². The minimum absolute atomic E-state index is 1.03. The van der Waals surface area contributed by atoms with Gasteiger partial charge in [0.1, 0.15) is 7.05 Å². The van der Waals surface area contributed by atoms with E-state index in [9.17, 15) is 0 Å². The molecule has 0 saturated heterocycles. The summed E-state index contributed by atoms with van der Waals surface area (Å²) in [5, 5.41) is 0. The van der Waals surface area contributed by atoms with Crippen molar-refractivity contribution >= 4 is 0 Å². The van der Waals surface area contributed by atoms with Gasteiger partial charge in [-0.25, -0.2) is 4.57 Å². The molecular formula is C11H20N2+2. The number of quaternary nitrogens is 1. The van der Waals surface area contributed by atoms with Gasteiger partial charge in [0.15, 0.2) is 12.4 Å². The van der Waals surface area contributed by atoms with Crippen molar-refractivity contribution in [2.75, 3.05) is 27.7 Å². The van der Waals surface area contributed by atoms with Crippen LogP contribution in [0.4, 0.5) is 0 Å². The highest BCUT2D eigenvalue weighted by atomic mass is 15.3. The quantitative estimate of drug-likeness (QED) is 0.477. The van der Waals surface area contributed by atoms with E-state index >= 15 is 0 Å². The smallest absolute Gasteiger partial charge is 0.168 e. The Hall–Kier alpha value is -0.890. The maximum absolute atomic E-state index is 2.23. The minimum atomic E-state index is 1.03. The first kappa shape index (κ1) is 10.2. The molecule has 0 atom stereocenters. The Balaban J connectivity index is 2.51. The first-order valence-corrected chi connectivity index (χ1v) is 4.72. The summed E-state index contributed by atoms with van der Waals surface area (Å²) in [6, 6.07) is 4.38. The lowest BCUT2D eigenvalue weighted by atomic mass is 10.2. The molecule has 0 aliphatic heterocycles. The van der Waals surface area contributed by atoms with E-state index < -0.39 is 0 Å². The van der Waals surface area contributed by atoms with Crippen LogP contribution in [0.25, 0.3) is 0 Å². The van der Waals surface area contributed by atoms with Crippen molar-refractivity contribution in [2.24, 2.45) is 7.05 Å². The molecule has 0 spiro atoms. The van der Waals surface area contributed by atoms with Crippen LogP contribution in [0.3, 0.4) is 0 Å². The molecule has 0 bridgehead atoms. The highest BCUT2D eigenvalue weighted by Gasteiger charge is 2.07. The molecular weight excluding hydrogens is 160 g/mol. The lowest BCUT2D eigenvalue weighted by Gasteiger charge is -2.23. The first-order chi connectivity index (χ1) is 5.97. The van der Waals surface area contributed by atoms with Crippen LogP contribution in [0.2, 0.25) is 0 Å². The lowest BCUT2D eigenvalue weighted by Crippen LogP contribution is -2.36. The fourth-order valence-corrected chi connectivity index (χ4v) is 1.16. The molecule has 1 aromatic heterocycles. The summed E-state index contributed by atoms with van der Waals surface area (Å²) in [5.41, 5.74) is 1.42. The summed E-state index contributed by atoms with van der Waals surface area (Å²) in [4.78, 5) is 0. The van der Waals surface area contributed by atoms with Crippen LogP contribution >= 0.6 is 0 Å². The number of hydrogen-bond acceptors (Lipinski definition) is 0. The third kappa shape index (κ3) is 4.04. The van der Waals surface area contributed by atoms with Crippen molar-refractivity contribution in [3.05, 3.63) is 30.1 Å². The second-order valence-electron chi connectivity index (χ2n) is 4.64. The molecule has 0 saturated carbocycles. The maximum Gasteiger partial charge on any atom is 0.168 e. The molecule has 1 aromatic rings. The van der Waals surface area contributed by atoms with E-state index in [-0.39, 0.29) is 0 Å². The average Bonchev–Trinajstić information content (AvgIpc) is 2.02. The van der Waals surface area contributed by atoms with E-state index in [1.807, 2.05) is 7.05 Å².